The van der Waals surface area contributed by atoms with Crippen LogP contribution in [0.3, 0.4) is 0 Å². The topological polar surface area (TPSA) is 95.7 Å². The second kappa shape index (κ2) is 12.4. The minimum Gasteiger partial charge on any atom is -0.390 e. The number of nitrogens with zero attached hydrogens (tertiary/aromatic N) is 1. The van der Waals surface area contributed by atoms with E-state index in [9.17, 15) is 23.5 Å². The van der Waals surface area contributed by atoms with Crippen molar-refractivity contribution >= 4 is 11.8 Å². The molecule has 4 N–H and O–H groups in total. The van der Waals surface area contributed by atoms with Crippen LogP contribution in [0.5, 0.6) is 0 Å². The van der Waals surface area contributed by atoms with E-state index >= 15 is 0 Å². The summed E-state index contributed by atoms with van der Waals surface area (Å²) >= 11 is 0. The standard InChI is InChI=1S/C25H33F2N3O3/c1-4-6-29-24(32)18-8-16(3)9-19(13-18)25(33)30(7-5-2)22(23(31)15-28)12-17-10-20(26)14-21(27)11-17/h8-11,13-14,22-23,31H,4-7,12,15,28H2,1-3H3,(H,29,32)/t22-,23+/m0/s1. The van der Waals surface area contributed by atoms with Crippen molar-refractivity contribution in [3.63, 3.8) is 0 Å². The van der Waals surface area contributed by atoms with Gasteiger partial charge in [-0.25, -0.2) is 8.78 Å². The Hall–Kier alpha value is -2.84. The Morgan fingerprint density at radius 2 is 1.67 bits per heavy atom. The number of benzene rings is 2. The number of hydrogen-bond donors (Lipinski definition) is 3. The highest BCUT2D eigenvalue weighted by Gasteiger charge is 2.30. The Labute approximate surface area is 193 Å². The summed E-state index contributed by atoms with van der Waals surface area (Å²) in [6, 6.07) is 7.22. The lowest BCUT2D eigenvalue weighted by Crippen LogP contribution is -2.51. The van der Waals surface area contributed by atoms with Crippen molar-refractivity contribution in [3.05, 3.63) is 70.3 Å². The van der Waals surface area contributed by atoms with Gasteiger partial charge in [-0.2, -0.15) is 0 Å². The minimum atomic E-state index is -1.11. The molecule has 0 aliphatic rings. The second-order valence-corrected chi connectivity index (χ2v) is 8.19. The van der Waals surface area contributed by atoms with Crippen molar-refractivity contribution in [1.29, 1.82) is 0 Å². The van der Waals surface area contributed by atoms with Crippen LogP contribution in [0.25, 0.3) is 0 Å². The van der Waals surface area contributed by atoms with Crippen molar-refractivity contribution in [2.45, 2.75) is 52.2 Å². The summed E-state index contributed by atoms with van der Waals surface area (Å²) in [5, 5.41) is 13.4. The first kappa shape index (κ1) is 26.4. The Balaban J connectivity index is 2.43. The smallest absolute Gasteiger partial charge is 0.254 e. The average molecular weight is 462 g/mol. The van der Waals surface area contributed by atoms with Gasteiger partial charge in [0.05, 0.1) is 12.1 Å². The van der Waals surface area contributed by atoms with Crippen molar-refractivity contribution in [2.24, 2.45) is 5.73 Å². The van der Waals surface area contributed by atoms with Crippen LogP contribution in [0, 0.1) is 18.6 Å². The summed E-state index contributed by atoms with van der Waals surface area (Å²) < 4.78 is 27.5. The maximum Gasteiger partial charge on any atom is 0.254 e. The van der Waals surface area contributed by atoms with Crippen LogP contribution in [-0.4, -0.2) is 53.6 Å². The van der Waals surface area contributed by atoms with E-state index in [2.05, 4.69) is 5.32 Å². The normalized spacial score (nSPS) is 12.8. The van der Waals surface area contributed by atoms with Crippen molar-refractivity contribution in [2.75, 3.05) is 19.6 Å². The van der Waals surface area contributed by atoms with Gasteiger partial charge in [-0.3, -0.25) is 9.59 Å². The van der Waals surface area contributed by atoms with Gasteiger partial charge in [-0.15, -0.1) is 0 Å². The number of nitrogens with one attached hydrogen (secondary N) is 1. The molecule has 0 unspecified atom stereocenters. The third-order valence-electron chi connectivity index (χ3n) is 5.30. The zero-order valence-corrected chi connectivity index (χ0v) is 19.4. The Morgan fingerprint density at radius 1 is 1.03 bits per heavy atom. The van der Waals surface area contributed by atoms with Crippen molar-refractivity contribution in [3.8, 4) is 0 Å². The molecule has 2 amide bonds. The molecule has 8 heteroatoms. The number of rotatable bonds is 11. The molecule has 0 fully saturated rings. The molecule has 2 aromatic carbocycles. The maximum atomic E-state index is 13.7. The van der Waals surface area contributed by atoms with Gasteiger partial charge in [0.15, 0.2) is 0 Å². The molecule has 0 heterocycles. The maximum absolute atomic E-state index is 13.7. The fourth-order valence-electron chi connectivity index (χ4n) is 3.78. The fraction of sp³-hybridized carbons (Fsp3) is 0.440. The SMILES string of the molecule is CCCNC(=O)c1cc(C)cc(C(=O)N(CCC)[C@@H](Cc2cc(F)cc(F)c2)[C@H](O)CN)c1. The molecule has 0 aromatic heterocycles. The number of carbonyl (C=O) groups is 2. The summed E-state index contributed by atoms with van der Waals surface area (Å²) in [6.07, 6.45) is 0.289. The van der Waals surface area contributed by atoms with Crippen LogP contribution in [0.2, 0.25) is 0 Å². The first-order valence-corrected chi connectivity index (χ1v) is 11.2. The molecular formula is C25H33F2N3O3. The van der Waals surface area contributed by atoms with Gasteiger partial charge in [-0.05, 0) is 67.6 Å². The molecule has 0 aliphatic heterocycles. The van der Waals surface area contributed by atoms with Gasteiger partial charge in [0.2, 0.25) is 0 Å². The van der Waals surface area contributed by atoms with Gasteiger partial charge < -0.3 is 21.1 Å². The van der Waals surface area contributed by atoms with E-state index in [1.807, 2.05) is 13.8 Å². The van der Waals surface area contributed by atoms with E-state index in [1.54, 1.807) is 19.1 Å². The predicted molar refractivity (Wildman–Crippen MR) is 124 cm³/mol. The Bertz CT molecular complexity index is 948. The molecule has 33 heavy (non-hydrogen) atoms. The van der Waals surface area contributed by atoms with E-state index in [0.717, 1.165) is 18.1 Å². The zero-order valence-electron chi connectivity index (χ0n) is 19.4. The lowest BCUT2D eigenvalue weighted by molar-refractivity contribution is 0.0381. The molecule has 0 aliphatic carbocycles. The van der Waals surface area contributed by atoms with E-state index in [-0.39, 0.29) is 24.8 Å². The van der Waals surface area contributed by atoms with Gasteiger partial charge >= 0.3 is 0 Å². The average Bonchev–Trinajstić information content (AvgIpc) is 2.77. The molecule has 0 saturated heterocycles. The quantitative estimate of drug-likeness (QED) is 0.479. The second-order valence-electron chi connectivity index (χ2n) is 8.19. The summed E-state index contributed by atoms with van der Waals surface area (Å²) in [5.41, 5.74) is 7.41. The fourth-order valence-corrected chi connectivity index (χ4v) is 3.78. The zero-order chi connectivity index (χ0) is 24.5. The molecule has 180 valence electrons. The monoisotopic (exact) mass is 461 g/mol. The van der Waals surface area contributed by atoms with E-state index in [4.69, 9.17) is 5.73 Å². The first-order valence-electron chi connectivity index (χ1n) is 11.2. The molecule has 6 nitrogen and oxygen atoms in total. The number of hydrogen-bond acceptors (Lipinski definition) is 4. The minimum absolute atomic E-state index is 0.0223. The predicted octanol–water partition coefficient (Wildman–Crippen LogP) is 3.20. The van der Waals surface area contributed by atoms with Crippen LogP contribution >= 0.6 is 0 Å². The third kappa shape index (κ3) is 7.33. The van der Waals surface area contributed by atoms with Crippen LogP contribution < -0.4 is 11.1 Å². The highest BCUT2D eigenvalue weighted by atomic mass is 19.1. The molecule has 2 atom stereocenters. The van der Waals surface area contributed by atoms with Gasteiger partial charge in [0.25, 0.3) is 11.8 Å². The number of amides is 2. The van der Waals surface area contributed by atoms with Crippen LogP contribution in [-0.2, 0) is 6.42 Å². The lowest BCUT2D eigenvalue weighted by Gasteiger charge is -2.35. The van der Waals surface area contributed by atoms with Gasteiger partial charge in [-0.1, -0.05) is 13.8 Å². The molecule has 0 saturated carbocycles. The van der Waals surface area contributed by atoms with E-state index in [0.29, 0.717) is 36.2 Å². The Morgan fingerprint density at radius 3 is 2.24 bits per heavy atom. The molecule has 2 aromatic rings. The van der Waals surface area contributed by atoms with Crippen LogP contribution in [0.4, 0.5) is 8.78 Å². The third-order valence-corrected chi connectivity index (χ3v) is 5.30. The number of carbonyl (C=O) groups excluding carboxylic acids is 2. The number of halogens is 2. The summed E-state index contributed by atoms with van der Waals surface area (Å²) in [7, 11) is 0. The first-order chi connectivity index (χ1) is 15.7. The van der Waals surface area contributed by atoms with Gasteiger partial charge in [0.1, 0.15) is 11.6 Å². The molecule has 2 rings (SSSR count). The lowest BCUT2D eigenvalue weighted by atomic mass is 9.97. The number of nitrogens with two attached hydrogens (primary N) is 1. The number of aliphatic hydroxyl groups excluding tert-OH is 1. The molecule has 0 radical (unpaired) electrons. The highest BCUT2D eigenvalue weighted by molar-refractivity contribution is 6.00. The summed E-state index contributed by atoms with van der Waals surface area (Å²) in [4.78, 5) is 27.5. The molecule has 0 spiro atoms. The van der Waals surface area contributed by atoms with E-state index in [1.165, 1.54) is 23.1 Å². The van der Waals surface area contributed by atoms with Crippen molar-refractivity contribution in [1.82, 2.24) is 10.2 Å². The van der Waals surface area contributed by atoms with Crippen molar-refractivity contribution < 1.29 is 23.5 Å². The molecular weight excluding hydrogens is 428 g/mol. The summed E-state index contributed by atoms with van der Waals surface area (Å²) in [5.74, 6) is -2.13. The summed E-state index contributed by atoms with van der Waals surface area (Å²) in [6.45, 7) is 6.31. The molecule has 0 bridgehead atoms. The number of aliphatic hydroxyl groups is 1. The van der Waals surface area contributed by atoms with Crippen LogP contribution in [0.15, 0.2) is 36.4 Å². The largest absolute Gasteiger partial charge is 0.390 e. The number of aryl methyl sites for hydroxylation is 1. The van der Waals surface area contributed by atoms with Gasteiger partial charge in [0, 0.05) is 36.8 Å². The van der Waals surface area contributed by atoms with Crippen LogP contribution in [0.1, 0.15) is 58.5 Å². The Kier molecular flexibility index (Phi) is 9.94. The van der Waals surface area contributed by atoms with E-state index < -0.39 is 23.8 Å². The highest BCUT2D eigenvalue weighted by Crippen LogP contribution is 2.20.